The van der Waals surface area contributed by atoms with Gasteiger partial charge in [-0.15, -0.1) is 0 Å². The predicted molar refractivity (Wildman–Crippen MR) is 121 cm³/mol. The molecule has 8 nitrogen and oxygen atoms in total. The molecule has 0 aliphatic carbocycles. The van der Waals surface area contributed by atoms with Gasteiger partial charge in [-0.25, -0.2) is 0 Å². The van der Waals surface area contributed by atoms with E-state index >= 15 is 0 Å². The molecule has 1 aliphatic heterocycles. The van der Waals surface area contributed by atoms with Crippen molar-refractivity contribution >= 4 is 39.2 Å². The Bertz CT molecular complexity index is 1180. The number of rotatable bonds is 3. The molecule has 3 heterocycles. The molecule has 3 N–H and O–H groups in total. The summed E-state index contributed by atoms with van der Waals surface area (Å²) in [7, 11) is 2.14. The Labute approximate surface area is 179 Å². The molecule has 1 aliphatic rings. The lowest BCUT2D eigenvalue weighted by Crippen LogP contribution is -2.44. The SMILES string of the molecule is CC(=N)c1ccc(=N)n(C(=N)Sc2ccc3ncc(N4CCN(C)CC4)cc3c2)n1. The maximum Gasteiger partial charge on any atom is 0.188 e. The summed E-state index contributed by atoms with van der Waals surface area (Å²) in [5, 5.41) is 29.6. The molecule has 0 bridgehead atoms. The van der Waals surface area contributed by atoms with Gasteiger partial charge in [-0.1, -0.05) is 11.8 Å². The van der Waals surface area contributed by atoms with Gasteiger partial charge < -0.3 is 15.2 Å². The molecule has 0 saturated carbocycles. The fraction of sp³-hybridized carbons (Fsp3) is 0.286. The average Bonchev–Trinajstić information content (AvgIpc) is 2.74. The number of nitrogens with zero attached hydrogens (tertiary/aromatic N) is 5. The second-order valence-corrected chi connectivity index (χ2v) is 8.45. The molecule has 2 aromatic heterocycles. The highest BCUT2D eigenvalue weighted by Gasteiger charge is 2.15. The normalized spacial score (nSPS) is 14.8. The van der Waals surface area contributed by atoms with Crippen LogP contribution in [0, 0.1) is 16.2 Å². The maximum absolute atomic E-state index is 8.42. The molecule has 0 atom stereocenters. The van der Waals surface area contributed by atoms with Crippen LogP contribution in [0.5, 0.6) is 0 Å². The lowest BCUT2D eigenvalue weighted by Gasteiger charge is -2.33. The van der Waals surface area contributed by atoms with Crippen LogP contribution in [0.2, 0.25) is 0 Å². The predicted octanol–water partition coefficient (Wildman–Crippen LogP) is 2.63. The molecule has 154 valence electrons. The Morgan fingerprint density at radius 2 is 1.80 bits per heavy atom. The zero-order valence-electron chi connectivity index (χ0n) is 17.0. The summed E-state index contributed by atoms with van der Waals surface area (Å²) in [6, 6.07) is 11.2. The fourth-order valence-corrected chi connectivity index (χ4v) is 4.10. The van der Waals surface area contributed by atoms with E-state index in [1.807, 2.05) is 24.4 Å². The van der Waals surface area contributed by atoms with Crippen LogP contribution in [0.4, 0.5) is 5.69 Å². The number of benzene rings is 1. The molecule has 0 amide bonds. The minimum Gasteiger partial charge on any atom is -0.368 e. The fourth-order valence-electron chi connectivity index (χ4n) is 3.33. The minimum absolute atomic E-state index is 0.109. The quantitative estimate of drug-likeness (QED) is 0.343. The van der Waals surface area contributed by atoms with Gasteiger partial charge in [-0.05, 0) is 50.4 Å². The number of thioether (sulfide) groups is 1. The first-order valence-electron chi connectivity index (χ1n) is 9.71. The highest BCUT2D eigenvalue weighted by atomic mass is 32.2. The number of hydrogen-bond acceptors (Lipinski definition) is 8. The van der Waals surface area contributed by atoms with Crippen molar-refractivity contribution in [1.29, 1.82) is 16.2 Å². The van der Waals surface area contributed by atoms with Crippen molar-refractivity contribution in [1.82, 2.24) is 19.7 Å². The van der Waals surface area contributed by atoms with E-state index in [1.165, 1.54) is 16.4 Å². The van der Waals surface area contributed by atoms with Gasteiger partial charge in [0, 0.05) is 36.5 Å². The van der Waals surface area contributed by atoms with Crippen LogP contribution in [-0.4, -0.2) is 63.8 Å². The summed E-state index contributed by atoms with van der Waals surface area (Å²) >= 11 is 1.23. The minimum atomic E-state index is 0.109. The third kappa shape index (κ3) is 4.27. The molecule has 0 unspecified atom stereocenters. The third-order valence-corrected chi connectivity index (χ3v) is 5.99. The van der Waals surface area contributed by atoms with Crippen molar-refractivity contribution < 1.29 is 0 Å². The molecule has 0 radical (unpaired) electrons. The number of likely N-dealkylation sites (N-methyl/N-ethyl adjacent to an activating group) is 1. The van der Waals surface area contributed by atoms with Crippen molar-refractivity contribution in [3.8, 4) is 0 Å². The first-order valence-corrected chi connectivity index (χ1v) is 10.5. The Morgan fingerprint density at radius 1 is 1.03 bits per heavy atom. The van der Waals surface area contributed by atoms with E-state index in [0.717, 1.165) is 47.7 Å². The van der Waals surface area contributed by atoms with Crippen molar-refractivity contribution in [3.63, 3.8) is 0 Å². The van der Waals surface area contributed by atoms with E-state index in [1.54, 1.807) is 19.1 Å². The zero-order chi connectivity index (χ0) is 21.3. The number of piperazine rings is 1. The van der Waals surface area contributed by atoms with Crippen LogP contribution in [0.15, 0.2) is 47.5 Å². The number of fused-ring (bicyclic) bond motifs is 1. The van der Waals surface area contributed by atoms with E-state index in [0.29, 0.717) is 11.4 Å². The molecule has 1 aromatic carbocycles. The van der Waals surface area contributed by atoms with Crippen LogP contribution < -0.4 is 10.4 Å². The lowest BCUT2D eigenvalue weighted by molar-refractivity contribution is 0.313. The van der Waals surface area contributed by atoms with Gasteiger partial charge in [0.05, 0.1) is 23.1 Å². The van der Waals surface area contributed by atoms with Crippen molar-refractivity contribution in [2.75, 3.05) is 38.1 Å². The smallest absolute Gasteiger partial charge is 0.188 e. The summed E-state index contributed by atoms with van der Waals surface area (Å²) in [6.45, 7) is 5.69. The second kappa shape index (κ2) is 8.37. The van der Waals surface area contributed by atoms with E-state index in [2.05, 4.69) is 33.0 Å². The topological polar surface area (TPSA) is 109 Å². The summed E-state index contributed by atoms with van der Waals surface area (Å²) in [5.41, 5.74) is 2.89. The molecule has 1 saturated heterocycles. The zero-order valence-corrected chi connectivity index (χ0v) is 17.8. The molecule has 4 rings (SSSR count). The van der Waals surface area contributed by atoms with E-state index in [4.69, 9.17) is 16.2 Å². The molecule has 3 aromatic rings. The molecule has 30 heavy (non-hydrogen) atoms. The Balaban J connectivity index is 1.59. The van der Waals surface area contributed by atoms with Crippen LogP contribution >= 0.6 is 11.8 Å². The number of aromatic nitrogens is 3. The van der Waals surface area contributed by atoms with Gasteiger partial charge in [-0.2, -0.15) is 9.78 Å². The highest BCUT2D eigenvalue weighted by Crippen LogP contribution is 2.26. The monoisotopic (exact) mass is 420 g/mol. The van der Waals surface area contributed by atoms with Gasteiger partial charge >= 0.3 is 0 Å². The average molecular weight is 421 g/mol. The van der Waals surface area contributed by atoms with Crippen LogP contribution in [0.25, 0.3) is 10.9 Å². The Hall–Kier alpha value is -3.04. The molecular formula is C21H24N8S. The van der Waals surface area contributed by atoms with Crippen molar-refractivity contribution in [3.05, 3.63) is 53.8 Å². The first-order chi connectivity index (χ1) is 14.4. The van der Waals surface area contributed by atoms with E-state index < -0.39 is 0 Å². The van der Waals surface area contributed by atoms with Crippen LogP contribution in [0.3, 0.4) is 0 Å². The Kier molecular flexibility index (Phi) is 5.65. The Morgan fingerprint density at radius 3 is 2.53 bits per heavy atom. The summed E-state index contributed by atoms with van der Waals surface area (Å²) in [4.78, 5) is 10.2. The van der Waals surface area contributed by atoms with Gasteiger partial charge in [0.1, 0.15) is 11.2 Å². The molecule has 9 heteroatoms. The first kappa shape index (κ1) is 20.2. The molecule has 1 fully saturated rings. The van der Waals surface area contributed by atoms with E-state index in [-0.39, 0.29) is 10.7 Å². The van der Waals surface area contributed by atoms with Crippen LogP contribution in [-0.2, 0) is 0 Å². The number of anilines is 1. The van der Waals surface area contributed by atoms with Crippen molar-refractivity contribution in [2.24, 2.45) is 0 Å². The number of nitrogens with one attached hydrogen (secondary N) is 3. The van der Waals surface area contributed by atoms with Crippen LogP contribution in [0.1, 0.15) is 12.6 Å². The summed E-state index contributed by atoms with van der Waals surface area (Å²) in [6.07, 6.45) is 1.93. The third-order valence-electron chi connectivity index (χ3n) is 5.13. The number of pyridine rings is 1. The van der Waals surface area contributed by atoms with Gasteiger partial charge in [0.2, 0.25) is 0 Å². The van der Waals surface area contributed by atoms with Gasteiger partial charge in [-0.3, -0.25) is 15.8 Å². The largest absolute Gasteiger partial charge is 0.368 e. The second-order valence-electron chi connectivity index (χ2n) is 7.39. The maximum atomic E-state index is 8.42. The van der Waals surface area contributed by atoms with Gasteiger partial charge in [0.25, 0.3) is 0 Å². The molecule has 0 spiro atoms. The number of hydrogen-bond donors (Lipinski definition) is 3. The molecular weight excluding hydrogens is 396 g/mol. The lowest BCUT2D eigenvalue weighted by atomic mass is 10.2. The standard InChI is InChI=1S/C21H24N8S/c1-14(22)18-5-6-20(23)29(26-18)21(24)30-17-3-4-19-15(12-17)11-16(13-25-19)28-9-7-27(2)8-10-28/h3-6,11-13,22-24H,7-10H2,1-2H3. The summed E-state index contributed by atoms with van der Waals surface area (Å²) in [5.74, 6) is 0. The van der Waals surface area contributed by atoms with E-state index in [9.17, 15) is 0 Å². The highest BCUT2D eigenvalue weighted by molar-refractivity contribution is 8.13. The summed E-state index contributed by atoms with van der Waals surface area (Å²) < 4.78 is 1.25. The van der Waals surface area contributed by atoms with Crippen molar-refractivity contribution in [2.45, 2.75) is 11.8 Å². The van der Waals surface area contributed by atoms with Gasteiger partial charge in [0.15, 0.2) is 5.17 Å².